The van der Waals surface area contributed by atoms with E-state index >= 15 is 0 Å². The number of para-hydroxylation sites is 1. The number of ether oxygens (including phenoxy) is 1. The van der Waals surface area contributed by atoms with Crippen LogP contribution in [0.5, 0.6) is 5.75 Å². The molecule has 1 aromatic heterocycles. The molecule has 0 radical (unpaired) electrons. The monoisotopic (exact) mass is 361 g/mol. The van der Waals surface area contributed by atoms with Gasteiger partial charge in [-0.3, -0.25) is 4.79 Å². The van der Waals surface area contributed by atoms with Gasteiger partial charge in [0.25, 0.3) is 5.91 Å². The van der Waals surface area contributed by atoms with Gasteiger partial charge >= 0.3 is 5.97 Å². The third-order valence-electron chi connectivity index (χ3n) is 4.82. The van der Waals surface area contributed by atoms with Gasteiger partial charge in [-0.15, -0.1) is 0 Å². The third kappa shape index (κ3) is 3.36. The summed E-state index contributed by atoms with van der Waals surface area (Å²) in [6.45, 7) is 2.22. The molecule has 0 fully saturated rings. The fourth-order valence-electron chi connectivity index (χ4n) is 3.34. The molecule has 5 heteroatoms. The molecular formula is C22H19NO4. The average molecular weight is 361 g/mol. The van der Waals surface area contributed by atoms with E-state index in [9.17, 15) is 9.59 Å². The van der Waals surface area contributed by atoms with Crippen LogP contribution in [0.2, 0.25) is 0 Å². The highest BCUT2D eigenvalue weighted by atomic mass is 16.5. The van der Waals surface area contributed by atoms with Crippen LogP contribution in [0.1, 0.15) is 27.2 Å². The van der Waals surface area contributed by atoms with Crippen LogP contribution in [0.15, 0.2) is 71.3 Å². The Balaban J connectivity index is 1.65. The first kappa shape index (κ1) is 17.1. The molecule has 1 aliphatic rings. The van der Waals surface area contributed by atoms with Gasteiger partial charge in [-0.05, 0) is 41.8 Å². The Morgan fingerprint density at radius 1 is 1.00 bits per heavy atom. The maximum absolute atomic E-state index is 13.0. The van der Waals surface area contributed by atoms with E-state index in [1.54, 1.807) is 18.2 Å². The van der Waals surface area contributed by atoms with Gasteiger partial charge in [-0.25, -0.2) is 4.79 Å². The lowest BCUT2D eigenvalue weighted by atomic mass is 9.93. The van der Waals surface area contributed by atoms with Crippen LogP contribution in [0.25, 0.3) is 0 Å². The minimum atomic E-state index is -0.711. The van der Waals surface area contributed by atoms with Crippen LogP contribution in [-0.4, -0.2) is 22.8 Å². The summed E-state index contributed by atoms with van der Waals surface area (Å²) in [5.41, 5.74) is 2.94. The number of benzene rings is 2. The first-order valence-corrected chi connectivity index (χ1v) is 8.82. The minimum absolute atomic E-state index is 0.211. The Morgan fingerprint density at radius 2 is 1.74 bits per heavy atom. The molecule has 27 heavy (non-hydrogen) atoms. The zero-order chi connectivity index (χ0) is 18.8. The molecular weight excluding hydrogens is 342 g/mol. The van der Waals surface area contributed by atoms with E-state index in [1.165, 1.54) is 11.2 Å². The van der Waals surface area contributed by atoms with Crippen LogP contribution < -0.4 is 4.74 Å². The van der Waals surface area contributed by atoms with E-state index in [1.807, 2.05) is 49.4 Å². The summed E-state index contributed by atoms with van der Waals surface area (Å²) < 4.78 is 10.9. The number of carbonyl (C=O) groups is 2. The van der Waals surface area contributed by atoms with Crippen molar-refractivity contribution >= 4 is 11.9 Å². The molecule has 1 amide bonds. The number of rotatable bonds is 3. The smallest absolute Gasteiger partial charge is 0.334 e. The number of hydrogen-bond donors (Lipinski definition) is 0. The van der Waals surface area contributed by atoms with Crippen molar-refractivity contribution in [2.24, 2.45) is 0 Å². The van der Waals surface area contributed by atoms with Crippen molar-refractivity contribution in [1.29, 1.82) is 0 Å². The van der Waals surface area contributed by atoms with Gasteiger partial charge in [-0.1, -0.05) is 42.5 Å². The summed E-state index contributed by atoms with van der Waals surface area (Å²) in [6.07, 6.45) is 1.86. The van der Waals surface area contributed by atoms with Gasteiger partial charge in [0.2, 0.25) is 0 Å². The molecule has 1 unspecified atom stereocenters. The van der Waals surface area contributed by atoms with Crippen LogP contribution in [-0.2, 0) is 17.8 Å². The summed E-state index contributed by atoms with van der Waals surface area (Å²) >= 11 is 0. The first-order valence-electron chi connectivity index (χ1n) is 8.82. The highest BCUT2D eigenvalue weighted by molar-refractivity contribution is 5.95. The lowest BCUT2D eigenvalue weighted by molar-refractivity contribution is -0.140. The summed E-state index contributed by atoms with van der Waals surface area (Å²) in [5.74, 6) is -0.0465. The van der Waals surface area contributed by atoms with E-state index in [-0.39, 0.29) is 11.7 Å². The van der Waals surface area contributed by atoms with Crippen molar-refractivity contribution in [2.45, 2.75) is 25.9 Å². The van der Waals surface area contributed by atoms with Crippen molar-refractivity contribution in [1.82, 2.24) is 4.90 Å². The maximum atomic E-state index is 13.0. The zero-order valence-corrected chi connectivity index (χ0v) is 14.9. The predicted octanol–water partition coefficient (Wildman–Crippen LogP) is 3.76. The molecule has 0 spiro atoms. The van der Waals surface area contributed by atoms with Gasteiger partial charge < -0.3 is 14.1 Å². The van der Waals surface area contributed by atoms with E-state index in [0.29, 0.717) is 18.7 Å². The quantitative estimate of drug-likeness (QED) is 0.526. The summed E-state index contributed by atoms with van der Waals surface area (Å²) in [6, 6.07) is 17.7. The average Bonchev–Trinajstić information content (AvgIpc) is 3.23. The van der Waals surface area contributed by atoms with Crippen molar-refractivity contribution in [3.63, 3.8) is 0 Å². The molecule has 0 N–H and O–H groups in total. The maximum Gasteiger partial charge on any atom is 0.334 e. The molecule has 136 valence electrons. The number of hydrogen-bond acceptors (Lipinski definition) is 4. The van der Waals surface area contributed by atoms with Gasteiger partial charge in [0.1, 0.15) is 11.8 Å². The number of amides is 1. The number of esters is 1. The van der Waals surface area contributed by atoms with Crippen LogP contribution >= 0.6 is 0 Å². The van der Waals surface area contributed by atoms with Crippen LogP contribution in [0, 0.1) is 6.92 Å². The van der Waals surface area contributed by atoms with Gasteiger partial charge in [-0.2, -0.15) is 0 Å². The Hall–Kier alpha value is -3.34. The van der Waals surface area contributed by atoms with Crippen molar-refractivity contribution in [3.05, 3.63) is 89.4 Å². The predicted molar refractivity (Wildman–Crippen MR) is 99.3 cm³/mol. The topological polar surface area (TPSA) is 59.8 Å². The van der Waals surface area contributed by atoms with E-state index in [2.05, 4.69) is 0 Å². The Labute approximate surface area is 157 Å². The van der Waals surface area contributed by atoms with E-state index in [4.69, 9.17) is 9.15 Å². The second-order valence-corrected chi connectivity index (χ2v) is 6.59. The summed E-state index contributed by atoms with van der Waals surface area (Å²) in [4.78, 5) is 27.4. The highest BCUT2D eigenvalue weighted by Crippen LogP contribution is 2.27. The largest absolute Gasteiger partial charge is 0.459 e. The second-order valence-electron chi connectivity index (χ2n) is 6.59. The first-order chi connectivity index (χ1) is 13.1. The van der Waals surface area contributed by atoms with Crippen LogP contribution in [0.4, 0.5) is 0 Å². The standard InChI is InChI=1S/C22H19NO4/c1-15-7-2-5-10-19(15)27-22(25)18-13-16-8-3-4-9-17(16)14-23(18)21(24)20-11-6-12-26-20/h2-12,18H,13-14H2,1H3. The normalized spacial score (nSPS) is 15.9. The van der Waals surface area contributed by atoms with E-state index < -0.39 is 12.0 Å². The lowest BCUT2D eigenvalue weighted by Gasteiger charge is -2.34. The van der Waals surface area contributed by atoms with Crippen molar-refractivity contribution < 1.29 is 18.7 Å². The number of aryl methyl sites for hydroxylation is 1. The van der Waals surface area contributed by atoms with Gasteiger partial charge in [0, 0.05) is 13.0 Å². The molecule has 0 aliphatic carbocycles. The highest BCUT2D eigenvalue weighted by Gasteiger charge is 2.37. The number of fused-ring (bicyclic) bond motifs is 1. The number of nitrogens with zero attached hydrogens (tertiary/aromatic N) is 1. The Morgan fingerprint density at radius 3 is 2.48 bits per heavy atom. The zero-order valence-electron chi connectivity index (χ0n) is 14.9. The molecule has 4 rings (SSSR count). The second kappa shape index (κ2) is 7.11. The molecule has 1 aliphatic heterocycles. The minimum Gasteiger partial charge on any atom is -0.459 e. The molecule has 2 aromatic carbocycles. The molecule has 2 heterocycles. The molecule has 0 saturated heterocycles. The lowest BCUT2D eigenvalue weighted by Crippen LogP contribution is -2.50. The molecule has 1 atom stereocenters. The number of furan rings is 1. The Kier molecular flexibility index (Phi) is 4.50. The van der Waals surface area contributed by atoms with Crippen molar-refractivity contribution in [3.8, 4) is 5.75 Å². The fraction of sp³-hybridized carbons (Fsp3) is 0.182. The molecule has 5 nitrogen and oxygen atoms in total. The molecule has 0 bridgehead atoms. The van der Waals surface area contributed by atoms with Gasteiger partial charge in [0.05, 0.1) is 6.26 Å². The number of carbonyl (C=O) groups excluding carboxylic acids is 2. The van der Waals surface area contributed by atoms with Crippen LogP contribution in [0.3, 0.4) is 0 Å². The SMILES string of the molecule is Cc1ccccc1OC(=O)C1Cc2ccccc2CN1C(=O)c1ccco1. The van der Waals surface area contributed by atoms with Crippen molar-refractivity contribution in [2.75, 3.05) is 0 Å². The summed E-state index contributed by atoms with van der Waals surface area (Å²) in [5, 5.41) is 0. The third-order valence-corrected chi connectivity index (χ3v) is 4.82. The van der Waals surface area contributed by atoms with Gasteiger partial charge in [0.15, 0.2) is 5.76 Å². The Bertz CT molecular complexity index is 977. The van der Waals surface area contributed by atoms with E-state index in [0.717, 1.165) is 16.7 Å². The fourth-order valence-corrected chi connectivity index (χ4v) is 3.34. The molecule has 0 saturated carbocycles. The molecule has 3 aromatic rings. The summed E-state index contributed by atoms with van der Waals surface area (Å²) in [7, 11) is 0.